The summed E-state index contributed by atoms with van der Waals surface area (Å²) in [4.78, 5) is 36.7. The van der Waals surface area contributed by atoms with E-state index in [9.17, 15) is 14.4 Å². The number of nitrogens with zero attached hydrogens (tertiary/aromatic N) is 1. The normalized spacial score (nSPS) is 19.3. The predicted octanol–water partition coefficient (Wildman–Crippen LogP) is 2.24. The highest BCUT2D eigenvalue weighted by Crippen LogP contribution is 2.28. The monoisotopic (exact) mass is 357 g/mol. The Balaban J connectivity index is 1.60. The third-order valence-electron chi connectivity index (χ3n) is 5.27. The molecule has 1 heterocycles. The lowest BCUT2D eigenvalue weighted by atomic mass is 9.83. The molecule has 1 atom stereocenters. The summed E-state index contributed by atoms with van der Waals surface area (Å²) in [5, 5.41) is 5.51. The fraction of sp³-hybridized carbons (Fsp3) is 0.550. The number of carbonyl (C=O) groups is 3. The van der Waals surface area contributed by atoms with Crippen molar-refractivity contribution >= 4 is 17.8 Å². The van der Waals surface area contributed by atoms with Crippen LogP contribution in [0.15, 0.2) is 30.3 Å². The van der Waals surface area contributed by atoms with Gasteiger partial charge >= 0.3 is 6.03 Å². The fourth-order valence-corrected chi connectivity index (χ4v) is 3.95. The number of nitrogens with one attached hydrogen (secondary N) is 2. The Morgan fingerprint density at radius 2 is 1.88 bits per heavy atom. The second-order valence-corrected chi connectivity index (χ2v) is 7.33. The van der Waals surface area contributed by atoms with Crippen molar-refractivity contribution in [3.8, 4) is 0 Å². The van der Waals surface area contributed by atoms with E-state index in [4.69, 9.17) is 0 Å². The molecule has 4 amide bonds. The van der Waals surface area contributed by atoms with Crippen molar-refractivity contribution < 1.29 is 14.4 Å². The molecule has 3 rings (SSSR count). The van der Waals surface area contributed by atoms with E-state index in [0.29, 0.717) is 5.92 Å². The zero-order valence-corrected chi connectivity index (χ0v) is 15.1. The summed E-state index contributed by atoms with van der Waals surface area (Å²) in [7, 11) is 0. The third kappa shape index (κ3) is 5.07. The average molecular weight is 357 g/mol. The molecule has 1 aromatic carbocycles. The Morgan fingerprint density at radius 1 is 1.15 bits per heavy atom. The van der Waals surface area contributed by atoms with Gasteiger partial charge in [-0.3, -0.25) is 14.5 Å². The number of urea groups is 1. The molecule has 140 valence electrons. The summed E-state index contributed by atoms with van der Waals surface area (Å²) in [6.45, 7) is -0.234. The number of imide groups is 1. The van der Waals surface area contributed by atoms with Crippen molar-refractivity contribution in [1.29, 1.82) is 0 Å². The SMILES string of the molecule is O=C(CN1C(=O)CNC1=O)NC(Cc1ccccc1)CC1CCCCC1. The molecule has 0 radical (unpaired) electrons. The van der Waals surface area contributed by atoms with E-state index in [0.717, 1.165) is 17.7 Å². The van der Waals surface area contributed by atoms with Crippen molar-refractivity contribution in [1.82, 2.24) is 15.5 Å². The van der Waals surface area contributed by atoms with Crippen LogP contribution < -0.4 is 10.6 Å². The molecule has 1 aliphatic heterocycles. The van der Waals surface area contributed by atoms with E-state index in [1.165, 1.54) is 37.7 Å². The van der Waals surface area contributed by atoms with Crippen molar-refractivity contribution in [2.24, 2.45) is 5.92 Å². The minimum Gasteiger partial charge on any atom is -0.351 e. The van der Waals surface area contributed by atoms with Crippen molar-refractivity contribution in [2.75, 3.05) is 13.1 Å². The van der Waals surface area contributed by atoms with Crippen LogP contribution in [-0.4, -0.2) is 41.9 Å². The largest absolute Gasteiger partial charge is 0.351 e. The lowest BCUT2D eigenvalue weighted by Crippen LogP contribution is -2.45. The molecule has 0 spiro atoms. The number of carbonyl (C=O) groups excluding carboxylic acids is 3. The molecule has 2 fully saturated rings. The highest BCUT2D eigenvalue weighted by atomic mass is 16.2. The minimum absolute atomic E-state index is 0.0220. The standard InChI is InChI=1S/C20H27N3O3/c24-18(14-23-19(25)13-21-20(23)26)22-17(11-15-7-3-1-4-8-15)12-16-9-5-2-6-10-16/h1,3-4,7-8,16-17H,2,5-6,9-14H2,(H,21,26)(H,22,24). The topological polar surface area (TPSA) is 78.5 Å². The highest BCUT2D eigenvalue weighted by Gasteiger charge is 2.31. The van der Waals surface area contributed by atoms with Crippen LogP contribution in [0.4, 0.5) is 4.79 Å². The van der Waals surface area contributed by atoms with Gasteiger partial charge in [-0.1, -0.05) is 62.4 Å². The molecular weight excluding hydrogens is 330 g/mol. The van der Waals surface area contributed by atoms with Gasteiger partial charge in [0.05, 0.1) is 6.54 Å². The Bertz CT molecular complexity index is 625. The van der Waals surface area contributed by atoms with Gasteiger partial charge in [-0.25, -0.2) is 4.79 Å². The van der Waals surface area contributed by atoms with Crippen LogP contribution in [-0.2, 0) is 16.0 Å². The first-order valence-electron chi connectivity index (χ1n) is 9.53. The van der Waals surface area contributed by atoms with Gasteiger partial charge in [0.1, 0.15) is 6.54 Å². The van der Waals surface area contributed by atoms with Crippen molar-refractivity contribution in [3.63, 3.8) is 0 Å². The first-order chi connectivity index (χ1) is 12.6. The maximum absolute atomic E-state index is 12.4. The van der Waals surface area contributed by atoms with Crippen LogP contribution in [0.3, 0.4) is 0 Å². The molecular formula is C20H27N3O3. The Hall–Kier alpha value is -2.37. The van der Waals surface area contributed by atoms with E-state index in [2.05, 4.69) is 22.8 Å². The second kappa shape index (κ2) is 8.83. The van der Waals surface area contributed by atoms with Gasteiger partial charge in [-0.05, 0) is 24.3 Å². The zero-order chi connectivity index (χ0) is 18.4. The number of hydrogen-bond acceptors (Lipinski definition) is 3. The molecule has 1 unspecified atom stereocenters. The van der Waals surface area contributed by atoms with E-state index in [1.54, 1.807) is 0 Å². The molecule has 6 heteroatoms. The number of amides is 4. The first-order valence-corrected chi connectivity index (χ1v) is 9.53. The van der Waals surface area contributed by atoms with Crippen LogP contribution in [0.25, 0.3) is 0 Å². The van der Waals surface area contributed by atoms with Gasteiger partial charge in [-0.2, -0.15) is 0 Å². The summed E-state index contributed by atoms with van der Waals surface area (Å²) in [6, 6.07) is 9.65. The lowest BCUT2D eigenvalue weighted by molar-refractivity contribution is -0.131. The predicted molar refractivity (Wildman–Crippen MR) is 98.4 cm³/mol. The quantitative estimate of drug-likeness (QED) is 0.735. The van der Waals surface area contributed by atoms with Gasteiger partial charge < -0.3 is 10.6 Å². The second-order valence-electron chi connectivity index (χ2n) is 7.33. The molecule has 1 saturated carbocycles. The van der Waals surface area contributed by atoms with Crippen LogP contribution in [0, 0.1) is 5.92 Å². The summed E-state index contributed by atoms with van der Waals surface area (Å²) in [5.74, 6) is 0.0126. The van der Waals surface area contributed by atoms with E-state index in [1.807, 2.05) is 18.2 Å². The first kappa shape index (κ1) is 18.4. The minimum atomic E-state index is -0.489. The summed E-state index contributed by atoms with van der Waals surface area (Å²) < 4.78 is 0. The maximum Gasteiger partial charge on any atom is 0.325 e. The number of rotatable bonds is 7. The maximum atomic E-state index is 12.4. The highest BCUT2D eigenvalue weighted by molar-refractivity contribution is 6.04. The fourth-order valence-electron chi connectivity index (χ4n) is 3.95. The van der Waals surface area contributed by atoms with E-state index in [-0.39, 0.29) is 30.9 Å². The molecule has 6 nitrogen and oxygen atoms in total. The average Bonchev–Trinajstić information content (AvgIpc) is 2.95. The number of hydrogen-bond donors (Lipinski definition) is 2. The van der Waals surface area contributed by atoms with Crippen LogP contribution in [0.1, 0.15) is 44.1 Å². The van der Waals surface area contributed by atoms with Crippen molar-refractivity contribution in [3.05, 3.63) is 35.9 Å². The van der Waals surface area contributed by atoms with Crippen molar-refractivity contribution in [2.45, 2.75) is 51.0 Å². The summed E-state index contributed by atoms with van der Waals surface area (Å²) in [6.07, 6.45) is 7.98. The molecule has 0 bridgehead atoms. The van der Waals surface area contributed by atoms with Crippen LogP contribution in [0.2, 0.25) is 0 Å². The molecule has 0 aromatic heterocycles. The number of benzene rings is 1. The Kier molecular flexibility index (Phi) is 6.26. The van der Waals surface area contributed by atoms with E-state index >= 15 is 0 Å². The van der Waals surface area contributed by atoms with Crippen LogP contribution in [0.5, 0.6) is 0 Å². The van der Waals surface area contributed by atoms with Crippen LogP contribution >= 0.6 is 0 Å². The van der Waals surface area contributed by atoms with Gasteiger partial charge in [-0.15, -0.1) is 0 Å². The van der Waals surface area contributed by atoms with Gasteiger partial charge in [0, 0.05) is 6.04 Å². The summed E-state index contributed by atoms with van der Waals surface area (Å²) in [5.41, 5.74) is 1.18. The Morgan fingerprint density at radius 3 is 2.54 bits per heavy atom. The molecule has 26 heavy (non-hydrogen) atoms. The van der Waals surface area contributed by atoms with Gasteiger partial charge in [0.25, 0.3) is 5.91 Å². The molecule has 2 aliphatic rings. The molecule has 2 N–H and O–H groups in total. The van der Waals surface area contributed by atoms with Gasteiger partial charge in [0.2, 0.25) is 5.91 Å². The summed E-state index contributed by atoms with van der Waals surface area (Å²) >= 11 is 0. The van der Waals surface area contributed by atoms with E-state index < -0.39 is 6.03 Å². The smallest absolute Gasteiger partial charge is 0.325 e. The molecule has 1 saturated heterocycles. The molecule has 1 aromatic rings. The third-order valence-corrected chi connectivity index (χ3v) is 5.27. The lowest BCUT2D eigenvalue weighted by Gasteiger charge is -2.28. The Labute approximate surface area is 154 Å². The molecule has 1 aliphatic carbocycles. The van der Waals surface area contributed by atoms with Gasteiger partial charge in [0.15, 0.2) is 0 Å². The zero-order valence-electron chi connectivity index (χ0n) is 15.1.